The van der Waals surface area contributed by atoms with Crippen molar-refractivity contribution in [3.05, 3.63) is 22.2 Å². The van der Waals surface area contributed by atoms with Crippen LogP contribution in [0, 0.1) is 5.92 Å². The van der Waals surface area contributed by atoms with Crippen molar-refractivity contribution < 1.29 is 14.2 Å². The van der Waals surface area contributed by atoms with Gasteiger partial charge < -0.3 is 19.5 Å². The number of benzene rings is 1. The summed E-state index contributed by atoms with van der Waals surface area (Å²) in [5.74, 6) is 2.27. The van der Waals surface area contributed by atoms with E-state index in [1.165, 1.54) is 0 Å². The molecule has 1 aromatic rings. The first-order valence-electron chi connectivity index (χ1n) is 7.27. The summed E-state index contributed by atoms with van der Waals surface area (Å²) in [7, 11) is 3.32. The number of rotatable bonds is 10. The van der Waals surface area contributed by atoms with Gasteiger partial charge in [-0.25, -0.2) is 0 Å². The Morgan fingerprint density at radius 3 is 2.52 bits per heavy atom. The maximum absolute atomic E-state index is 5.66. The van der Waals surface area contributed by atoms with Crippen LogP contribution in [-0.4, -0.2) is 40.5 Å². The first kappa shape index (κ1) is 18.3. The number of nitrogens with one attached hydrogen (secondary N) is 1. The third-order valence-electron chi connectivity index (χ3n) is 3.06. The Hall–Kier alpha value is -0.780. The molecule has 0 saturated carbocycles. The highest BCUT2D eigenvalue weighted by molar-refractivity contribution is 9.10. The van der Waals surface area contributed by atoms with E-state index in [1.807, 2.05) is 12.1 Å². The van der Waals surface area contributed by atoms with Crippen LogP contribution in [0.3, 0.4) is 0 Å². The number of hydrogen-bond acceptors (Lipinski definition) is 4. The smallest absolute Gasteiger partial charge is 0.126 e. The average molecular weight is 360 g/mol. The standard InChI is InChI=1S/C16H26BrNO3/c1-12(2)11-18-6-8-21-7-5-14-15(17)9-13(19-3)10-16(14)20-4/h9-10,12,18H,5-8,11H2,1-4H3. The summed E-state index contributed by atoms with van der Waals surface area (Å²) in [6.45, 7) is 7.70. The molecule has 0 aliphatic heterocycles. The molecular formula is C16H26BrNO3. The highest BCUT2D eigenvalue weighted by Crippen LogP contribution is 2.32. The normalized spacial score (nSPS) is 11.0. The van der Waals surface area contributed by atoms with Crippen molar-refractivity contribution in [2.75, 3.05) is 40.5 Å². The zero-order chi connectivity index (χ0) is 15.7. The van der Waals surface area contributed by atoms with Gasteiger partial charge in [0.05, 0.1) is 27.4 Å². The van der Waals surface area contributed by atoms with Crippen molar-refractivity contribution in [1.82, 2.24) is 5.32 Å². The molecule has 5 heteroatoms. The van der Waals surface area contributed by atoms with E-state index in [-0.39, 0.29) is 0 Å². The van der Waals surface area contributed by atoms with Crippen LogP contribution in [0.4, 0.5) is 0 Å². The zero-order valence-corrected chi connectivity index (χ0v) is 15.0. The minimum absolute atomic E-state index is 0.671. The van der Waals surface area contributed by atoms with E-state index in [2.05, 4.69) is 35.1 Å². The van der Waals surface area contributed by atoms with Crippen LogP contribution < -0.4 is 14.8 Å². The van der Waals surface area contributed by atoms with E-state index in [4.69, 9.17) is 14.2 Å². The Morgan fingerprint density at radius 1 is 1.14 bits per heavy atom. The molecule has 0 aromatic heterocycles. The highest BCUT2D eigenvalue weighted by atomic mass is 79.9. The first-order chi connectivity index (χ1) is 10.1. The lowest BCUT2D eigenvalue weighted by molar-refractivity contribution is 0.138. The van der Waals surface area contributed by atoms with Gasteiger partial charge in [0.15, 0.2) is 0 Å². The molecule has 0 aliphatic rings. The molecule has 1 N–H and O–H groups in total. The summed E-state index contributed by atoms with van der Waals surface area (Å²) >= 11 is 3.56. The Labute approximate surface area is 136 Å². The van der Waals surface area contributed by atoms with Crippen LogP contribution in [-0.2, 0) is 11.2 Å². The largest absolute Gasteiger partial charge is 0.497 e. The van der Waals surface area contributed by atoms with Gasteiger partial charge in [0.25, 0.3) is 0 Å². The number of ether oxygens (including phenoxy) is 3. The summed E-state index contributed by atoms with van der Waals surface area (Å²) in [4.78, 5) is 0. The van der Waals surface area contributed by atoms with Gasteiger partial charge in [-0.2, -0.15) is 0 Å². The number of hydrogen-bond donors (Lipinski definition) is 1. The molecule has 0 fully saturated rings. The highest BCUT2D eigenvalue weighted by Gasteiger charge is 2.10. The van der Waals surface area contributed by atoms with Gasteiger partial charge in [0.1, 0.15) is 11.5 Å². The van der Waals surface area contributed by atoms with Crippen molar-refractivity contribution in [2.45, 2.75) is 20.3 Å². The lowest BCUT2D eigenvalue weighted by Crippen LogP contribution is -2.24. The van der Waals surface area contributed by atoms with Crippen LogP contribution in [0.2, 0.25) is 0 Å². The summed E-state index contributed by atoms with van der Waals surface area (Å²) in [6, 6.07) is 3.84. The predicted octanol–water partition coefficient (Wildman–Crippen LogP) is 3.27. The molecule has 0 aliphatic carbocycles. The van der Waals surface area contributed by atoms with Crippen LogP contribution in [0.5, 0.6) is 11.5 Å². The molecule has 4 nitrogen and oxygen atoms in total. The van der Waals surface area contributed by atoms with Crippen molar-refractivity contribution >= 4 is 15.9 Å². The molecule has 0 atom stereocenters. The summed E-state index contributed by atoms with van der Waals surface area (Å²) < 4.78 is 17.3. The lowest BCUT2D eigenvalue weighted by Gasteiger charge is -2.13. The monoisotopic (exact) mass is 359 g/mol. The van der Waals surface area contributed by atoms with Crippen molar-refractivity contribution in [1.29, 1.82) is 0 Å². The Bertz CT molecular complexity index is 424. The van der Waals surface area contributed by atoms with Crippen LogP contribution in [0.15, 0.2) is 16.6 Å². The maximum atomic E-state index is 5.66. The third kappa shape index (κ3) is 6.68. The minimum Gasteiger partial charge on any atom is -0.497 e. The van der Waals surface area contributed by atoms with E-state index in [1.54, 1.807) is 14.2 Å². The topological polar surface area (TPSA) is 39.7 Å². The van der Waals surface area contributed by atoms with E-state index in [9.17, 15) is 0 Å². The van der Waals surface area contributed by atoms with Gasteiger partial charge in [0, 0.05) is 29.1 Å². The second kappa shape index (κ2) is 10.0. The SMILES string of the molecule is COc1cc(Br)c(CCOCCNCC(C)C)c(OC)c1. The fourth-order valence-electron chi connectivity index (χ4n) is 1.94. The first-order valence-corrected chi connectivity index (χ1v) is 8.06. The Kier molecular flexibility index (Phi) is 8.73. The van der Waals surface area contributed by atoms with Crippen LogP contribution in [0.1, 0.15) is 19.4 Å². The quantitative estimate of drug-likeness (QED) is 0.650. The Balaban J connectivity index is 2.38. The molecule has 120 valence electrons. The van der Waals surface area contributed by atoms with Gasteiger partial charge in [0.2, 0.25) is 0 Å². The third-order valence-corrected chi connectivity index (χ3v) is 3.76. The van der Waals surface area contributed by atoms with Crippen molar-refractivity contribution in [3.63, 3.8) is 0 Å². The molecule has 0 unspecified atom stereocenters. The average Bonchev–Trinajstić information content (AvgIpc) is 2.46. The van der Waals surface area contributed by atoms with Crippen molar-refractivity contribution in [3.8, 4) is 11.5 Å². The number of methoxy groups -OCH3 is 2. The van der Waals surface area contributed by atoms with E-state index in [0.29, 0.717) is 12.5 Å². The van der Waals surface area contributed by atoms with Crippen molar-refractivity contribution in [2.24, 2.45) is 5.92 Å². The maximum Gasteiger partial charge on any atom is 0.126 e. The molecule has 0 spiro atoms. The Morgan fingerprint density at radius 2 is 1.90 bits per heavy atom. The molecule has 1 rings (SSSR count). The minimum atomic E-state index is 0.671. The predicted molar refractivity (Wildman–Crippen MR) is 89.5 cm³/mol. The second-order valence-electron chi connectivity index (χ2n) is 5.25. The molecule has 0 saturated heterocycles. The van der Waals surface area contributed by atoms with Gasteiger partial charge >= 0.3 is 0 Å². The van der Waals surface area contributed by atoms with Gasteiger partial charge in [-0.1, -0.05) is 29.8 Å². The molecular weight excluding hydrogens is 334 g/mol. The van der Waals surface area contributed by atoms with E-state index < -0.39 is 0 Å². The molecule has 21 heavy (non-hydrogen) atoms. The number of halogens is 1. The summed E-state index contributed by atoms with van der Waals surface area (Å²) in [6.07, 6.45) is 0.804. The molecule has 0 heterocycles. The fourth-order valence-corrected chi connectivity index (χ4v) is 2.56. The fraction of sp³-hybridized carbons (Fsp3) is 0.625. The van der Waals surface area contributed by atoms with Gasteiger partial charge in [-0.05, 0) is 18.5 Å². The molecule has 0 amide bonds. The lowest BCUT2D eigenvalue weighted by atomic mass is 10.1. The van der Waals surface area contributed by atoms with E-state index in [0.717, 1.165) is 47.7 Å². The molecule has 0 bridgehead atoms. The summed E-state index contributed by atoms with van der Waals surface area (Å²) in [5, 5.41) is 3.36. The molecule has 0 radical (unpaired) electrons. The van der Waals surface area contributed by atoms with Crippen LogP contribution in [0.25, 0.3) is 0 Å². The zero-order valence-electron chi connectivity index (χ0n) is 13.4. The molecule has 1 aromatic carbocycles. The van der Waals surface area contributed by atoms with E-state index >= 15 is 0 Å². The van der Waals surface area contributed by atoms with Gasteiger partial charge in [-0.3, -0.25) is 0 Å². The van der Waals surface area contributed by atoms with Gasteiger partial charge in [-0.15, -0.1) is 0 Å². The second-order valence-corrected chi connectivity index (χ2v) is 6.10. The summed E-state index contributed by atoms with van der Waals surface area (Å²) in [5.41, 5.74) is 1.11. The van der Waals surface area contributed by atoms with Crippen LogP contribution >= 0.6 is 15.9 Å².